The van der Waals surface area contributed by atoms with E-state index in [9.17, 15) is 18.0 Å². The van der Waals surface area contributed by atoms with Gasteiger partial charge in [0.1, 0.15) is 0 Å². The largest absolute Gasteiger partial charge is 0.467 e. The first-order chi connectivity index (χ1) is 9.87. The Balaban J connectivity index is 2.27. The van der Waals surface area contributed by atoms with Crippen molar-refractivity contribution >= 4 is 22.0 Å². The summed E-state index contributed by atoms with van der Waals surface area (Å²) < 4.78 is 31.1. The molecule has 8 heteroatoms. The zero-order valence-electron chi connectivity index (χ0n) is 11.7. The third kappa shape index (κ3) is 2.97. The Kier molecular flexibility index (Phi) is 4.40. The first kappa shape index (κ1) is 15.6. The van der Waals surface area contributed by atoms with E-state index in [2.05, 4.69) is 4.74 Å². The van der Waals surface area contributed by atoms with Crippen LogP contribution >= 0.6 is 0 Å². The summed E-state index contributed by atoms with van der Waals surface area (Å²) in [4.78, 5) is 23.6. The van der Waals surface area contributed by atoms with Crippen molar-refractivity contribution in [2.75, 3.05) is 20.7 Å². The van der Waals surface area contributed by atoms with Gasteiger partial charge in [-0.1, -0.05) is 30.3 Å². The summed E-state index contributed by atoms with van der Waals surface area (Å²) in [6.45, 7) is -0.269. The van der Waals surface area contributed by atoms with E-state index in [-0.39, 0.29) is 13.1 Å². The number of ether oxygens (including phenoxy) is 1. The van der Waals surface area contributed by atoms with E-state index in [0.29, 0.717) is 0 Å². The minimum atomic E-state index is -3.89. The minimum Gasteiger partial charge on any atom is -0.467 e. The number of rotatable bonds is 3. The van der Waals surface area contributed by atoms with E-state index in [1.54, 1.807) is 24.3 Å². The molecule has 0 spiro atoms. The summed E-state index contributed by atoms with van der Waals surface area (Å²) >= 11 is 0. The van der Waals surface area contributed by atoms with Gasteiger partial charge in [-0.05, 0) is 5.56 Å². The summed E-state index contributed by atoms with van der Waals surface area (Å²) in [6, 6.07) is 7.52. The first-order valence-electron chi connectivity index (χ1n) is 6.25. The van der Waals surface area contributed by atoms with Crippen LogP contribution in [0.15, 0.2) is 30.3 Å². The van der Waals surface area contributed by atoms with E-state index >= 15 is 0 Å². The number of Topliss-reactive ketones (excluding diaryl/α,β-unsaturated/α-hetero) is 1. The molecule has 1 aromatic carbocycles. The lowest BCUT2D eigenvalue weighted by Crippen LogP contribution is -2.60. The summed E-state index contributed by atoms with van der Waals surface area (Å²) in [5.41, 5.74) is 0.763. The van der Waals surface area contributed by atoms with Gasteiger partial charge < -0.3 is 4.74 Å². The molecule has 114 valence electrons. The van der Waals surface area contributed by atoms with Crippen LogP contribution in [-0.4, -0.2) is 55.5 Å². The fourth-order valence-electron chi connectivity index (χ4n) is 2.18. The summed E-state index contributed by atoms with van der Waals surface area (Å²) in [7, 11) is -1.57. The fourth-order valence-corrected chi connectivity index (χ4v) is 3.61. The van der Waals surface area contributed by atoms with Crippen molar-refractivity contribution in [1.29, 1.82) is 0 Å². The standard InChI is InChI=1S/C13H16N2O5S/c1-14-12(13(17)20-2)11(16)9-15(21(14,18)19)8-10-6-4-3-5-7-10/h3-7,12H,8-9H2,1-2H3. The lowest BCUT2D eigenvalue weighted by atomic mass is 10.1. The summed E-state index contributed by atoms with van der Waals surface area (Å²) in [5.74, 6) is -1.37. The van der Waals surface area contributed by atoms with Crippen molar-refractivity contribution in [3.05, 3.63) is 35.9 Å². The van der Waals surface area contributed by atoms with Crippen molar-refractivity contribution in [2.24, 2.45) is 0 Å². The number of benzene rings is 1. The average Bonchev–Trinajstić information content (AvgIpc) is 2.46. The number of hydrogen-bond donors (Lipinski definition) is 0. The number of ketones is 1. The monoisotopic (exact) mass is 312 g/mol. The Hall–Kier alpha value is -1.77. The predicted molar refractivity (Wildman–Crippen MR) is 74.3 cm³/mol. The molecule has 0 amide bonds. The molecule has 1 fully saturated rings. The van der Waals surface area contributed by atoms with Crippen LogP contribution < -0.4 is 0 Å². The molecule has 1 aliphatic rings. The van der Waals surface area contributed by atoms with Crippen LogP contribution in [0.3, 0.4) is 0 Å². The highest BCUT2D eigenvalue weighted by atomic mass is 32.2. The maximum atomic E-state index is 12.4. The maximum Gasteiger partial charge on any atom is 0.331 e. The Morgan fingerprint density at radius 2 is 1.95 bits per heavy atom. The van der Waals surface area contributed by atoms with E-state index in [1.807, 2.05) is 6.07 Å². The second-order valence-corrected chi connectivity index (χ2v) is 6.66. The predicted octanol–water partition coefficient (Wildman–Crippen LogP) is -0.211. The van der Waals surface area contributed by atoms with Gasteiger partial charge in [-0.3, -0.25) is 4.79 Å². The Labute approximate surface area is 123 Å². The zero-order valence-corrected chi connectivity index (χ0v) is 12.5. The second-order valence-electron chi connectivity index (χ2n) is 4.67. The third-order valence-corrected chi connectivity index (χ3v) is 5.17. The number of carbonyl (C=O) groups excluding carboxylic acids is 2. The normalized spacial score (nSPS) is 23.0. The number of nitrogens with zero attached hydrogens (tertiary/aromatic N) is 2. The van der Waals surface area contributed by atoms with Crippen LogP contribution in [0, 0.1) is 0 Å². The number of methoxy groups -OCH3 is 1. The highest BCUT2D eigenvalue weighted by molar-refractivity contribution is 7.86. The van der Waals surface area contributed by atoms with Crippen LogP contribution in [0.25, 0.3) is 0 Å². The molecule has 1 unspecified atom stereocenters. The molecule has 0 bridgehead atoms. The van der Waals surface area contributed by atoms with Gasteiger partial charge in [0.25, 0.3) is 10.2 Å². The topological polar surface area (TPSA) is 84.0 Å². The number of esters is 1. The second kappa shape index (κ2) is 5.92. The number of likely N-dealkylation sites (N-methyl/N-ethyl adjacent to an activating group) is 1. The van der Waals surface area contributed by atoms with Gasteiger partial charge in [0.05, 0.1) is 13.7 Å². The Morgan fingerprint density at radius 3 is 2.52 bits per heavy atom. The number of hydrogen-bond acceptors (Lipinski definition) is 5. The lowest BCUT2D eigenvalue weighted by Gasteiger charge is -2.35. The molecule has 1 saturated heterocycles. The Bertz CT molecular complexity index is 644. The number of carbonyl (C=O) groups is 2. The van der Waals surface area contributed by atoms with Crippen LogP contribution in [-0.2, 0) is 31.1 Å². The molecular formula is C13H16N2O5S. The lowest BCUT2D eigenvalue weighted by molar-refractivity contribution is -0.149. The van der Waals surface area contributed by atoms with Crippen molar-refractivity contribution in [3.63, 3.8) is 0 Å². The molecule has 1 aromatic rings. The minimum absolute atomic E-state index is 0.0765. The molecule has 0 saturated carbocycles. The fraction of sp³-hybridized carbons (Fsp3) is 0.385. The van der Waals surface area contributed by atoms with E-state index in [4.69, 9.17) is 0 Å². The SMILES string of the molecule is COC(=O)C1C(=O)CN(Cc2ccccc2)S(=O)(=O)N1C. The summed E-state index contributed by atoms with van der Waals surface area (Å²) in [5, 5.41) is 0. The molecule has 1 atom stereocenters. The molecule has 21 heavy (non-hydrogen) atoms. The van der Waals surface area contributed by atoms with E-state index in [0.717, 1.165) is 21.3 Å². The molecule has 0 N–H and O–H groups in total. The van der Waals surface area contributed by atoms with Gasteiger partial charge >= 0.3 is 5.97 Å². The van der Waals surface area contributed by atoms with Crippen molar-refractivity contribution in [3.8, 4) is 0 Å². The molecule has 7 nitrogen and oxygen atoms in total. The Morgan fingerprint density at radius 1 is 1.33 bits per heavy atom. The molecule has 0 aliphatic carbocycles. The van der Waals surface area contributed by atoms with E-state index < -0.39 is 28.0 Å². The molecule has 1 aliphatic heterocycles. The maximum absolute atomic E-state index is 12.4. The third-order valence-electron chi connectivity index (χ3n) is 3.32. The van der Waals surface area contributed by atoms with E-state index in [1.165, 1.54) is 7.05 Å². The van der Waals surface area contributed by atoms with Gasteiger partial charge in [-0.25, -0.2) is 4.79 Å². The smallest absolute Gasteiger partial charge is 0.331 e. The van der Waals surface area contributed by atoms with Crippen LogP contribution in [0.1, 0.15) is 5.56 Å². The van der Waals surface area contributed by atoms with Crippen molar-refractivity contribution < 1.29 is 22.7 Å². The highest BCUT2D eigenvalue weighted by Gasteiger charge is 2.46. The molecule has 1 heterocycles. The first-order valence-corrected chi connectivity index (χ1v) is 7.65. The van der Waals surface area contributed by atoms with Crippen molar-refractivity contribution in [1.82, 2.24) is 8.61 Å². The van der Waals surface area contributed by atoms with Gasteiger partial charge in [0.2, 0.25) is 0 Å². The van der Waals surface area contributed by atoms with Gasteiger partial charge in [-0.15, -0.1) is 0 Å². The molecule has 0 radical (unpaired) electrons. The summed E-state index contributed by atoms with van der Waals surface area (Å²) in [6.07, 6.45) is 0. The van der Waals surface area contributed by atoms with Crippen LogP contribution in [0.5, 0.6) is 0 Å². The average molecular weight is 312 g/mol. The van der Waals surface area contributed by atoms with Gasteiger partial charge in [0, 0.05) is 13.6 Å². The highest BCUT2D eigenvalue weighted by Crippen LogP contribution is 2.21. The molecule has 0 aromatic heterocycles. The van der Waals surface area contributed by atoms with Crippen LogP contribution in [0.4, 0.5) is 0 Å². The van der Waals surface area contributed by atoms with Crippen LogP contribution in [0.2, 0.25) is 0 Å². The molecular weight excluding hydrogens is 296 g/mol. The quantitative estimate of drug-likeness (QED) is 0.569. The molecule has 2 rings (SSSR count). The van der Waals surface area contributed by atoms with Crippen molar-refractivity contribution in [2.45, 2.75) is 12.6 Å². The van der Waals surface area contributed by atoms with Gasteiger partial charge in [-0.2, -0.15) is 17.0 Å². The zero-order chi connectivity index (χ0) is 15.6. The van der Waals surface area contributed by atoms with Gasteiger partial charge in [0.15, 0.2) is 11.8 Å².